The molecule has 0 aromatic carbocycles. The van der Waals surface area contributed by atoms with Gasteiger partial charge in [-0.2, -0.15) is 11.3 Å². The van der Waals surface area contributed by atoms with E-state index in [4.69, 9.17) is 4.74 Å². The van der Waals surface area contributed by atoms with Crippen molar-refractivity contribution in [2.24, 2.45) is 0 Å². The lowest BCUT2D eigenvalue weighted by Gasteiger charge is -2.21. The molecule has 1 amide bonds. The maximum atomic E-state index is 12.0. The Hall–Kier alpha value is -0.880. The Bertz CT molecular complexity index is 450. The first kappa shape index (κ1) is 15.2. The average molecular weight is 334 g/mol. The maximum absolute atomic E-state index is 12.0. The number of amides is 1. The van der Waals surface area contributed by atoms with Gasteiger partial charge < -0.3 is 10.1 Å². The molecule has 1 aromatic heterocycles. The van der Waals surface area contributed by atoms with Crippen molar-refractivity contribution in [1.29, 1.82) is 0 Å². The highest BCUT2D eigenvalue weighted by Crippen LogP contribution is 2.22. The van der Waals surface area contributed by atoms with Gasteiger partial charge in [0.2, 0.25) is 0 Å². The highest BCUT2D eigenvalue weighted by molar-refractivity contribution is 9.10. The highest BCUT2D eigenvalue weighted by Gasteiger charge is 2.23. The number of ketones is 1. The van der Waals surface area contributed by atoms with E-state index in [1.54, 1.807) is 33.1 Å². The van der Waals surface area contributed by atoms with Crippen LogP contribution in [0.2, 0.25) is 0 Å². The van der Waals surface area contributed by atoms with Gasteiger partial charge in [-0.3, -0.25) is 4.79 Å². The lowest BCUT2D eigenvalue weighted by atomic mass is 10.1. The lowest BCUT2D eigenvalue weighted by molar-refractivity contribution is 0.0497. The van der Waals surface area contributed by atoms with E-state index in [-0.39, 0.29) is 5.78 Å². The molecule has 0 aliphatic heterocycles. The third-order valence-electron chi connectivity index (χ3n) is 2.01. The monoisotopic (exact) mass is 333 g/mol. The predicted octanol–water partition coefficient (Wildman–Crippen LogP) is 3.61. The van der Waals surface area contributed by atoms with Gasteiger partial charge in [0.15, 0.2) is 5.78 Å². The van der Waals surface area contributed by atoms with Crippen molar-refractivity contribution in [2.45, 2.75) is 39.3 Å². The summed E-state index contributed by atoms with van der Waals surface area (Å²) in [5, 5.41) is 6.10. The molecule has 4 nitrogen and oxygen atoms in total. The minimum absolute atomic E-state index is 0.144. The molecule has 1 rings (SSSR count). The van der Waals surface area contributed by atoms with E-state index in [0.29, 0.717) is 5.56 Å². The molecule has 1 aromatic rings. The van der Waals surface area contributed by atoms with E-state index >= 15 is 0 Å². The smallest absolute Gasteiger partial charge is 0.408 e. The third-order valence-corrected chi connectivity index (χ3v) is 3.71. The zero-order valence-electron chi connectivity index (χ0n) is 10.7. The van der Waals surface area contributed by atoms with Crippen LogP contribution in [-0.2, 0) is 4.74 Å². The summed E-state index contributed by atoms with van der Waals surface area (Å²) in [6.45, 7) is 6.95. The lowest BCUT2D eigenvalue weighted by Crippen LogP contribution is -2.41. The second kappa shape index (κ2) is 5.84. The number of halogens is 1. The van der Waals surface area contributed by atoms with E-state index < -0.39 is 17.7 Å². The molecule has 0 aliphatic rings. The van der Waals surface area contributed by atoms with E-state index in [1.807, 2.05) is 5.38 Å². The molecule has 6 heteroatoms. The van der Waals surface area contributed by atoms with E-state index in [1.165, 1.54) is 11.3 Å². The molecule has 1 unspecified atom stereocenters. The zero-order chi connectivity index (χ0) is 13.9. The summed E-state index contributed by atoms with van der Waals surface area (Å²) >= 11 is 4.73. The molecule has 0 fully saturated rings. The van der Waals surface area contributed by atoms with Crippen molar-refractivity contribution in [3.05, 3.63) is 20.8 Å². The first-order chi connectivity index (χ1) is 8.20. The van der Waals surface area contributed by atoms with Crippen LogP contribution in [0.25, 0.3) is 0 Å². The van der Waals surface area contributed by atoms with Gasteiger partial charge >= 0.3 is 6.09 Å². The second-order valence-electron chi connectivity index (χ2n) is 4.87. The zero-order valence-corrected chi connectivity index (χ0v) is 13.1. The number of carbonyl (C=O) groups excluding carboxylic acids is 2. The van der Waals surface area contributed by atoms with Crippen molar-refractivity contribution in [2.75, 3.05) is 0 Å². The van der Waals surface area contributed by atoms with Gasteiger partial charge in [0.05, 0.1) is 6.04 Å². The number of nitrogens with one attached hydrogen (secondary N) is 1. The molecule has 1 atom stereocenters. The molecule has 0 radical (unpaired) electrons. The molecule has 0 bridgehead atoms. The van der Waals surface area contributed by atoms with Crippen LogP contribution in [-0.4, -0.2) is 23.5 Å². The van der Waals surface area contributed by atoms with Gasteiger partial charge in [-0.1, -0.05) is 0 Å². The van der Waals surface area contributed by atoms with Crippen molar-refractivity contribution >= 4 is 39.1 Å². The van der Waals surface area contributed by atoms with E-state index in [9.17, 15) is 9.59 Å². The molecular formula is C12H16BrNO3S. The molecule has 1 N–H and O–H groups in total. The predicted molar refractivity (Wildman–Crippen MR) is 75.2 cm³/mol. The average Bonchev–Trinajstić information content (AvgIpc) is 2.60. The van der Waals surface area contributed by atoms with Crippen LogP contribution in [0.5, 0.6) is 0 Å². The quantitative estimate of drug-likeness (QED) is 0.859. The van der Waals surface area contributed by atoms with Gasteiger partial charge in [-0.15, -0.1) is 0 Å². The normalized spacial score (nSPS) is 12.9. The van der Waals surface area contributed by atoms with Crippen molar-refractivity contribution in [1.82, 2.24) is 5.32 Å². The van der Waals surface area contributed by atoms with Crippen molar-refractivity contribution < 1.29 is 14.3 Å². The minimum Gasteiger partial charge on any atom is -0.444 e. The van der Waals surface area contributed by atoms with Crippen LogP contribution in [0, 0.1) is 0 Å². The highest BCUT2D eigenvalue weighted by atomic mass is 79.9. The fourth-order valence-corrected chi connectivity index (χ4v) is 2.72. The van der Waals surface area contributed by atoms with Gasteiger partial charge in [0.25, 0.3) is 0 Å². The van der Waals surface area contributed by atoms with E-state index in [2.05, 4.69) is 21.2 Å². The second-order valence-corrected chi connectivity index (χ2v) is 6.46. The molecule has 0 saturated carbocycles. The number of Topliss-reactive ketones (excluding diaryl/α,β-unsaturated/α-hetero) is 1. The SMILES string of the molecule is CC(NC(=O)OC(C)(C)C)C(=O)c1cscc1Br. The number of thiophene rings is 1. The molecule has 100 valence electrons. The molecule has 0 aliphatic carbocycles. The number of hydrogen-bond acceptors (Lipinski definition) is 4. The number of hydrogen-bond donors (Lipinski definition) is 1. The van der Waals surface area contributed by atoms with Crippen LogP contribution in [0.3, 0.4) is 0 Å². The summed E-state index contributed by atoms with van der Waals surface area (Å²) in [6, 6.07) is -0.620. The number of ether oxygens (including phenoxy) is 1. The number of rotatable bonds is 3. The molecule has 0 spiro atoms. The largest absolute Gasteiger partial charge is 0.444 e. The fraction of sp³-hybridized carbons (Fsp3) is 0.500. The van der Waals surface area contributed by atoms with Crippen molar-refractivity contribution in [3.8, 4) is 0 Å². The summed E-state index contributed by atoms with van der Waals surface area (Å²) in [5.41, 5.74) is -0.000856. The Balaban J connectivity index is 2.61. The molecule has 1 heterocycles. The first-order valence-electron chi connectivity index (χ1n) is 5.46. The van der Waals surface area contributed by atoms with Crippen LogP contribution in [0.1, 0.15) is 38.1 Å². The van der Waals surface area contributed by atoms with Gasteiger partial charge in [0, 0.05) is 20.8 Å². The van der Waals surface area contributed by atoms with Crippen LogP contribution >= 0.6 is 27.3 Å². The molecule has 0 saturated heterocycles. The van der Waals surface area contributed by atoms with Gasteiger partial charge in [-0.25, -0.2) is 4.79 Å². The van der Waals surface area contributed by atoms with Gasteiger partial charge in [0.1, 0.15) is 5.60 Å². The van der Waals surface area contributed by atoms with E-state index in [0.717, 1.165) is 4.47 Å². The molecule has 18 heavy (non-hydrogen) atoms. The van der Waals surface area contributed by atoms with Crippen molar-refractivity contribution in [3.63, 3.8) is 0 Å². The summed E-state index contributed by atoms with van der Waals surface area (Å²) < 4.78 is 5.84. The first-order valence-corrected chi connectivity index (χ1v) is 7.19. The summed E-state index contributed by atoms with van der Waals surface area (Å²) in [7, 11) is 0. The Morgan fingerprint density at radius 3 is 2.44 bits per heavy atom. The third kappa shape index (κ3) is 4.42. The number of carbonyl (C=O) groups is 2. The standard InChI is InChI=1S/C12H16BrNO3S/c1-7(14-11(16)17-12(2,3)4)10(15)8-5-18-6-9(8)13/h5-7H,1-4H3,(H,14,16). The van der Waals surface area contributed by atoms with Gasteiger partial charge in [-0.05, 0) is 43.6 Å². The fourth-order valence-electron chi connectivity index (χ4n) is 1.24. The minimum atomic E-state index is -0.620. The number of alkyl carbamates (subject to hydrolysis) is 1. The van der Waals surface area contributed by atoms with Crippen LogP contribution in [0.15, 0.2) is 15.2 Å². The summed E-state index contributed by atoms with van der Waals surface area (Å²) in [6.07, 6.45) is -0.588. The van der Waals surface area contributed by atoms with Crippen LogP contribution in [0.4, 0.5) is 4.79 Å². The topological polar surface area (TPSA) is 55.4 Å². The Kier molecular flexibility index (Phi) is 4.92. The Labute approximate surface area is 119 Å². The summed E-state index contributed by atoms with van der Waals surface area (Å²) in [5.74, 6) is -0.144. The Morgan fingerprint density at radius 2 is 2.00 bits per heavy atom. The Morgan fingerprint density at radius 1 is 1.39 bits per heavy atom. The molecular weight excluding hydrogens is 318 g/mol. The maximum Gasteiger partial charge on any atom is 0.408 e. The summed E-state index contributed by atoms with van der Waals surface area (Å²) in [4.78, 5) is 23.6. The van der Waals surface area contributed by atoms with Crippen LogP contribution < -0.4 is 5.32 Å².